The van der Waals surface area contributed by atoms with Crippen molar-refractivity contribution in [2.75, 3.05) is 56.2 Å². The lowest BCUT2D eigenvalue weighted by Crippen LogP contribution is -2.73. The van der Waals surface area contributed by atoms with Crippen LogP contribution in [0.5, 0.6) is 0 Å². The maximum atomic E-state index is 13.6. The number of fused-ring (bicyclic) bond motifs is 1. The Balaban J connectivity index is 1.08. The minimum atomic E-state index is -0.322. The summed E-state index contributed by atoms with van der Waals surface area (Å²) in [5.41, 5.74) is 6.89. The molecule has 8 rings (SSSR count). The molecule has 1 atom stereocenters. The molecule has 43 heavy (non-hydrogen) atoms. The second-order valence-electron chi connectivity index (χ2n) is 12.6. The van der Waals surface area contributed by atoms with Crippen LogP contribution in [0.1, 0.15) is 41.3 Å². The molecule has 3 aromatic heterocycles. The molecule has 4 aliphatic rings. The first kappa shape index (κ1) is 26.6. The molecule has 0 bridgehead atoms. The van der Waals surface area contributed by atoms with Crippen LogP contribution in [0.15, 0.2) is 36.5 Å². The van der Waals surface area contributed by atoms with Gasteiger partial charge in [-0.05, 0) is 62.1 Å². The third-order valence-electron chi connectivity index (χ3n) is 9.40. The number of carbonyl (C=O) groups is 1. The molecule has 1 amide bonds. The highest BCUT2D eigenvalue weighted by Crippen LogP contribution is 2.49. The Morgan fingerprint density at radius 1 is 1.19 bits per heavy atom. The van der Waals surface area contributed by atoms with Gasteiger partial charge in [-0.1, -0.05) is 11.3 Å². The maximum Gasteiger partial charge on any atom is 0.228 e. The number of carbonyl (C=O) groups excluding carboxylic acids is 1. The summed E-state index contributed by atoms with van der Waals surface area (Å²) in [7, 11) is 1.99. The minimum absolute atomic E-state index is 0.0324. The van der Waals surface area contributed by atoms with Gasteiger partial charge in [-0.25, -0.2) is 13.9 Å². The highest BCUT2D eigenvalue weighted by Gasteiger charge is 2.54. The number of amides is 1. The first-order valence-corrected chi connectivity index (χ1v) is 15.7. The van der Waals surface area contributed by atoms with Gasteiger partial charge in [0.05, 0.1) is 29.4 Å². The van der Waals surface area contributed by atoms with Crippen molar-refractivity contribution in [2.24, 2.45) is 11.3 Å². The van der Waals surface area contributed by atoms with E-state index in [9.17, 15) is 14.4 Å². The lowest BCUT2D eigenvalue weighted by atomic mass is 9.72. The summed E-state index contributed by atoms with van der Waals surface area (Å²) >= 11 is 1.34. The van der Waals surface area contributed by atoms with Crippen molar-refractivity contribution in [3.8, 4) is 17.3 Å². The highest BCUT2D eigenvalue weighted by atomic mass is 32.1. The number of halogens is 1. The molecule has 1 saturated carbocycles. The average Bonchev–Trinajstić information content (AvgIpc) is 3.33. The van der Waals surface area contributed by atoms with Crippen LogP contribution in [0.25, 0.3) is 16.8 Å². The molecule has 1 aliphatic carbocycles. The van der Waals surface area contributed by atoms with Crippen LogP contribution >= 0.6 is 11.3 Å². The maximum absolute atomic E-state index is 13.6. The van der Waals surface area contributed by atoms with Crippen LogP contribution in [0.2, 0.25) is 0 Å². The van der Waals surface area contributed by atoms with Gasteiger partial charge in [0.1, 0.15) is 22.5 Å². The Bertz CT molecular complexity index is 1780. The van der Waals surface area contributed by atoms with E-state index in [1.54, 1.807) is 12.1 Å². The van der Waals surface area contributed by atoms with E-state index in [1.165, 1.54) is 29.2 Å². The van der Waals surface area contributed by atoms with Crippen LogP contribution in [0.4, 0.5) is 20.9 Å². The lowest BCUT2D eigenvalue weighted by Gasteiger charge is -2.61. The molecular weight excluding hydrogens is 565 g/mol. The first-order chi connectivity index (χ1) is 20.8. The number of benzene rings is 1. The monoisotopic (exact) mass is 597 g/mol. The number of hydrogen-bond acceptors (Lipinski definition) is 8. The summed E-state index contributed by atoms with van der Waals surface area (Å²) in [6.07, 6.45) is 5.16. The molecule has 11 heteroatoms. The summed E-state index contributed by atoms with van der Waals surface area (Å²) in [6, 6.07) is 10.6. The molecule has 4 aromatic rings. The molecule has 1 aromatic carbocycles. The number of ether oxygens (including phenoxy) is 1. The molecular formula is C32H32FN7O2S. The van der Waals surface area contributed by atoms with E-state index in [0.29, 0.717) is 40.4 Å². The van der Waals surface area contributed by atoms with Crippen molar-refractivity contribution in [2.45, 2.75) is 32.1 Å². The van der Waals surface area contributed by atoms with Crippen LogP contribution in [-0.4, -0.2) is 71.8 Å². The van der Waals surface area contributed by atoms with Gasteiger partial charge >= 0.3 is 0 Å². The molecule has 0 unspecified atom stereocenters. The molecule has 9 nitrogen and oxygen atoms in total. The molecule has 0 radical (unpaired) electrons. The highest BCUT2D eigenvalue weighted by molar-refractivity contribution is 7.16. The number of hydrogen-bond donors (Lipinski definition) is 0. The standard InChI is InChI=1S/C32H32FN7O2S/c1-19-13-40-25(11-24(19)38-15-32(16-38)17-39(18-32)30(41)22-9-10-42-14-22)29(28(36-40)21-3-4-21)37(2)31-35-27(26(12-34)43-31)20-5-7-23(33)8-6-20/h5-8,11,13,21-22H,3-4,9-10,14-18H2,1-2H3/t22-/m1/s1. The van der Waals surface area contributed by atoms with Gasteiger partial charge in [-0.15, -0.1) is 0 Å². The molecule has 6 heterocycles. The molecule has 1 spiro atoms. The molecule has 4 fully saturated rings. The Morgan fingerprint density at radius 2 is 1.95 bits per heavy atom. The van der Waals surface area contributed by atoms with Crippen molar-refractivity contribution in [3.63, 3.8) is 0 Å². The van der Waals surface area contributed by atoms with Gasteiger partial charge in [-0.3, -0.25) is 4.79 Å². The molecule has 3 aliphatic heterocycles. The van der Waals surface area contributed by atoms with Crippen LogP contribution < -0.4 is 9.80 Å². The number of aryl methyl sites for hydroxylation is 1. The largest absolute Gasteiger partial charge is 0.381 e. The zero-order valence-electron chi connectivity index (χ0n) is 24.2. The normalized spacial score (nSPS) is 20.7. The first-order valence-electron chi connectivity index (χ1n) is 14.9. The second kappa shape index (κ2) is 9.76. The van der Waals surface area contributed by atoms with Gasteiger partial charge in [0.15, 0.2) is 5.13 Å². The lowest BCUT2D eigenvalue weighted by molar-refractivity contribution is -0.149. The van der Waals surface area contributed by atoms with Crippen molar-refractivity contribution in [1.82, 2.24) is 19.5 Å². The van der Waals surface area contributed by atoms with Gasteiger partial charge in [0, 0.05) is 68.6 Å². The summed E-state index contributed by atoms with van der Waals surface area (Å²) in [5, 5.41) is 15.6. The second-order valence-corrected chi connectivity index (χ2v) is 13.6. The predicted octanol–water partition coefficient (Wildman–Crippen LogP) is 5.11. The van der Waals surface area contributed by atoms with E-state index in [2.05, 4.69) is 35.1 Å². The van der Waals surface area contributed by atoms with Gasteiger partial charge in [0.25, 0.3) is 0 Å². The molecule has 220 valence electrons. The van der Waals surface area contributed by atoms with Crippen LogP contribution in [0.3, 0.4) is 0 Å². The van der Waals surface area contributed by atoms with Crippen LogP contribution in [0, 0.1) is 35.4 Å². The van der Waals surface area contributed by atoms with Gasteiger partial charge < -0.3 is 19.4 Å². The zero-order chi connectivity index (χ0) is 29.5. The Morgan fingerprint density at radius 3 is 2.63 bits per heavy atom. The Labute approximate surface area is 253 Å². The SMILES string of the molecule is Cc1cn2nc(C3CC3)c(N(C)c3nc(-c4ccc(F)cc4)c(C#N)s3)c2cc1N1CC2(CN(C(=O)[C@@H]3CCOC3)C2)C1. The van der Waals surface area contributed by atoms with E-state index in [-0.39, 0.29) is 23.1 Å². The minimum Gasteiger partial charge on any atom is -0.381 e. The summed E-state index contributed by atoms with van der Waals surface area (Å²) < 4.78 is 21.0. The van der Waals surface area contributed by atoms with E-state index >= 15 is 0 Å². The van der Waals surface area contributed by atoms with Gasteiger partial charge in [0.2, 0.25) is 5.91 Å². The van der Waals surface area contributed by atoms with Gasteiger partial charge in [-0.2, -0.15) is 10.4 Å². The fourth-order valence-corrected chi connectivity index (χ4v) is 7.82. The number of pyridine rings is 1. The van der Waals surface area contributed by atoms with Crippen molar-refractivity contribution >= 4 is 39.3 Å². The van der Waals surface area contributed by atoms with Crippen molar-refractivity contribution in [1.29, 1.82) is 5.26 Å². The predicted molar refractivity (Wildman–Crippen MR) is 162 cm³/mol. The number of likely N-dealkylation sites (tertiary alicyclic amines) is 1. The number of aromatic nitrogens is 3. The van der Waals surface area contributed by atoms with Crippen molar-refractivity contribution in [3.05, 3.63) is 58.5 Å². The number of rotatable bonds is 6. The fourth-order valence-electron chi connectivity index (χ4n) is 6.97. The topological polar surface area (TPSA) is 90.0 Å². The summed E-state index contributed by atoms with van der Waals surface area (Å²) in [5.74, 6) is 0.369. The van der Waals surface area contributed by atoms with E-state index in [4.69, 9.17) is 14.8 Å². The quantitative estimate of drug-likeness (QED) is 0.305. The smallest absolute Gasteiger partial charge is 0.228 e. The number of nitrogens with zero attached hydrogens (tertiary/aromatic N) is 7. The zero-order valence-corrected chi connectivity index (χ0v) is 25.0. The Kier molecular flexibility index (Phi) is 6.04. The summed E-state index contributed by atoms with van der Waals surface area (Å²) in [4.78, 5) is 24.7. The third kappa shape index (κ3) is 4.38. The van der Waals surface area contributed by atoms with E-state index in [1.807, 2.05) is 16.5 Å². The Hall–Kier alpha value is -4.01. The number of thiazole rings is 1. The summed E-state index contributed by atoms with van der Waals surface area (Å²) in [6.45, 7) is 6.91. The number of anilines is 3. The third-order valence-corrected chi connectivity index (χ3v) is 10.4. The average molecular weight is 598 g/mol. The van der Waals surface area contributed by atoms with E-state index < -0.39 is 0 Å². The van der Waals surface area contributed by atoms with Crippen molar-refractivity contribution < 1.29 is 13.9 Å². The molecule has 3 saturated heterocycles. The molecule has 0 N–H and O–H groups in total. The van der Waals surface area contributed by atoms with E-state index in [0.717, 1.165) is 67.9 Å². The number of nitriles is 1. The van der Waals surface area contributed by atoms with Crippen LogP contribution in [-0.2, 0) is 9.53 Å². The fraction of sp³-hybridized carbons (Fsp3) is 0.438.